The van der Waals surface area contributed by atoms with Crippen molar-refractivity contribution in [2.24, 2.45) is 0 Å². The number of amides is 1. The Balaban J connectivity index is 2.79. The number of halogens is 1. The zero-order valence-electron chi connectivity index (χ0n) is 11.7. The number of hydrogen-bond donors (Lipinski definition) is 1. The van der Waals surface area contributed by atoms with Gasteiger partial charge in [0.2, 0.25) is 5.91 Å². The van der Waals surface area contributed by atoms with Crippen LogP contribution < -0.4 is 10.9 Å². The van der Waals surface area contributed by atoms with Crippen LogP contribution in [0, 0.1) is 0 Å². The van der Waals surface area contributed by atoms with Gasteiger partial charge in [0, 0.05) is 13.1 Å². The molecule has 0 fully saturated rings. The summed E-state index contributed by atoms with van der Waals surface area (Å²) in [5.74, 6) is -0.0165. The van der Waals surface area contributed by atoms with Crippen molar-refractivity contribution in [3.8, 4) is 0 Å². The van der Waals surface area contributed by atoms with Gasteiger partial charge in [-0.15, -0.1) is 6.58 Å². The molecule has 0 saturated heterocycles. The number of carbonyl (C=O) groups excluding carboxylic acids is 1. The Kier molecular flexibility index (Phi) is 6.44. The van der Waals surface area contributed by atoms with Crippen molar-refractivity contribution in [1.82, 2.24) is 14.7 Å². The van der Waals surface area contributed by atoms with Crippen LogP contribution in [-0.2, 0) is 11.3 Å². The summed E-state index contributed by atoms with van der Waals surface area (Å²) in [6.07, 6.45) is 3.11. The van der Waals surface area contributed by atoms with Gasteiger partial charge in [-0.05, 0) is 29.8 Å². The van der Waals surface area contributed by atoms with Gasteiger partial charge in [-0.2, -0.15) is 5.10 Å². The molecule has 6 nitrogen and oxygen atoms in total. The minimum atomic E-state index is -0.259. The van der Waals surface area contributed by atoms with Crippen molar-refractivity contribution < 1.29 is 4.79 Å². The van der Waals surface area contributed by atoms with E-state index in [1.54, 1.807) is 11.0 Å². The fraction of sp³-hybridized carbons (Fsp3) is 0.462. The molecule has 1 heterocycles. The number of anilines is 1. The highest BCUT2D eigenvalue weighted by atomic mass is 79.9. The normalized spacial score (nSPS) is 10.2. The van der Waals surface area contributed by atoms with Crippen molar-refractivity contribution in [1.29, 1.82) is 0 Å². The van der Waals surface area contributed by atoms with Crippen LogP contribution in [0.2, 0.25) is 0 Å². The second-order valence-electron chi connectivity index (χ2n) is 4.07. The number of carbonyl (C=O) groups is 1. The topological polar surface area (TPSA) is 67.2 Å². The SMILES string of the molecule is C=CCn1ncc(NCC(=O)N(CC)CC)c(Br)c1=O. The molecule has 0 aliphatic heterocycles. The lowest BCUT2D eigenvalue weighted by Gasteiger charge is -2.19. The molecule has 0 spiro atoms. The summed E-state index contributed by atoms with van der Waals surface area (Å²) in [6, 6.07) is 0. The van der Waals surface area contributed by atoms with E-state index in [4.69, 9.17) is 0 Å². The van der Waals surface area contributed by atoms with Crippen LogP contribution in [0.15, 0.2) is 28.1 Å². The third kappa shape index (κ3) is 3.93. The van der Waals surface area contributed by atoms with E-state index in [9.17, 15) is 9.59 Å². The molecule has 0 bridgehead atoms. The van der Waals surface area contributed by atoms with Gasteiger partial charge in [-0.3, -0.25) is 9.59 Å². The lowest BCUT2D eigenvalue weighted by molar-refractivity contribution is -0.128. The van der Waals surface area contributed by atoms with Crippen molar-refractivity contribution >= 4 is 27.5 Å². The van der Waals surface area contributed by atoms with Gasteiger partial charge in [0.15, 0.2) is 0 Å². The predicted molar refractivity (Wildman–Crippen MR) is 82.8 cm³/mol. The summed E-state index contributed by atoms with van der Waals surface area (Å²) in [5.41, 5.74) is 0.251. The minimum absolute atomic E-state index is 0.0165. The van der Waals surface area contributed by atoms with E-state index in [0.717, 1.165) is 0 Å². The van der Waals surface area contributed by atoms with Crippen LogP contribution >= 0.6 is 15.9 Å². The van der Waals surface area contributed by atoms with E-state index < -0.39 is 0 Å². The van der Waals surface area contributed by atoms with Crippen molar-refractivity contribution in [2.45, 2.75) is 20.4 Å². The molecule has 20 heavy (non-hydrogen) atoms. The Bertz CT molecular complexity index is 538. The summed E-state index contributed by atoms with van der Waals surface area (Å²) < 4.78 is 1.65. The van der Waals surface area contributed by atoms with Crippen molar-refractivity contribution in [3.63, 3.8) is 0 Å². The molecule has 0 radical (unpaired) electrons. The maximum Gasteiger partial charge on any atom is 0.283 e. The molecule has 0 saturated carbocycles. The molecule has 110 valence electrons. The maximum atomic E-state index is 11.9. The number of likely N-dealkylation sites (N-methyl/N-ethyl adjacent to an activating group) is 1. The van der Waals surface area contributed by atoms with E-state index in [0.29, 0.717) is 29.8 Å². The van der Waals surface area contributed by atoms with E-state index in [-0.39, 0.29) is 18.0 Å². The number of rotatable bonds is 7. The van der Waals surface area contributed by atoms with Crippen LogP contribution in [0.1, 0.15) is 13.8 Å². The highest BCUT2D eigenvalue weighted by molar-refractivity contribution is 9.10. The average molecular weight is 343 g/mol. The Morgan fingerprint density at radius 2 is 2.20 bits per heavy atom. The first-order chi connectivity index (χ1) is 9.54. The first kappa shape index (κ1) is 16.4. The van der Waals surface area contributed by atoms with Crippen LogP contribution in [0.5, 0.6) is 0 Å². The maximum absolute atomic E-state index is 11.9. The van der Waals surface area contributed by atoms with Gasteiger partial charge in [-0.25, -0.2) is 4.68 Å². The second kappa shape index (κ2) is 7.84. The molecular weight excluding hydrogens is 324 g/mol. The molecule has 1 aromatic heterocycles. The molecule has 0 aromatic carbocycles. The monoisotopic (exact) mass is 342 g/mol. The highest BCUT2D eigenvalue weighted by Crippen LogP contribution is 2.15. The molecule has 0 aliphatic rings. The van der Waals surface area contributed by atoms with Crippen LogP contribution in [-0.4, -0.2) is 40.2 Å². The van der Waals surface area contributed by atoms with Gasteiger partial charge in [0.05, 0.1) is 25.0 Å². The summed E-state index contributed by atoms with van der Waals surface area (Å²) in [4.78, 5) is 25.5. The third-order valence-corrected chi connectivity index (χ3v) is 3.60. The fourth-order valence-electron chi connectivity index (χ4n) is 1.70. The van der Waals surface area contributed by atoms with Gasteiger partial charge in [-0.1, -0.05) is 6.08 Å². The summed E-state index contributed by atoms with van der Waals surface area (Å²) in [7, 11) is 0. The highest BCUT2D eigenvalue weighted by Gasteiger charge is 2.12. The molecule has 0 aliphatic carbocycles. The number of nitrogens with zero attached hydrogens (tertiary/aromatic N) is 3. The molecule has 1 amide bonds. The zero-order valence-corrected chi connectivity index (χ0v) is 13.3. The van der Waals surface area contributed by atoms with E-state index >= 15 is 0 Å². The second-order valence-corrected chi connectivity index (χ2v) is 4.86. The molecule has 1 aromatic rings. The number of aromatic nitrogens is 2. The molecule has 0 unspecified atom stereocenters. The van der Waals surface area contributed by atoms with Gasteiger partial charge < -0.3 is 10.2 Å². The van der Waals surface area contributed by atoms with E-state index in [1.165, 1.54) is 10.9 Å². The fourth-order valence-corrected chi connectivity index (χ4v) is 2.15. The van der Waals surface area contributed by atoms with Crippen LogP contribution in [0.4, 0.5) is 5.69 Å². The zero-order chi connectivity index (χ0) is 15.1. The van der Waals surface area contributed by atoms with Crippen LogP contribution in [0.25, 0.3) is 0 Å². The first-order valence-electron chi connectivity index (χ1n) is 6.43. The average Bonchev–Trinajstić information content (AvgIpc) is 2.44. The van der Waals surface area contributed by atoms with Crippen LogP contribution in [0.3, 0.4) is 0 Å². The van der Waals surface area contributed by atoms with Gasteiger partial charge in [0.25, 0.3) is 5.56 Å². The standard InChI is InChI=1S/C13H19BrN4O2/c1-4-7-18-13(20)12(14)10(8-16-18)15-9-11(19)17(5-2)6-3/h4,8,15H,1,5-7,9H2,2-3H3. The summed E-state index contributed by atoms with van der Waals surface area (Å²) >= 11 is 3.23. The smallest absolute Gasteiger partial charge is 0.283 e. The Labute approximate surface area is 126 Å². The number of allylic oxidation sites excluding steroid dienone is 1. The summed E-state index contributed by atoms with van der Waals surface area (Å²) in [5, 5.41) is 6.94. The first-order valence-corrected chi connectivity index (χ1v) is 7.22. The molecular formula is C13H19BrN4O2. The molecule has 1 rings (SSSR count). The third-order valence-electron chi connectivity index (χ3n) is 2.83. The van der Waals surface area contributed by atoms with E-state index in [1.807, 2.05) is 13.8 Å². The predicted octanol–water partition coefficient (Wildman–Crippen LogP) is 1.47. The van der Waals surface area contributed by atoms with Gasteiger partial charge in [0.1, 0.15) is 4.47 Å². The quantitative estimate of drug-likeness (QED) is 0.762. The largest absolute Gasteiger partial charge is 0.374 e. The molecule has 1 N–H and O–H groups in total. The number of hydrogen-bond acceptors (Lipinski definition) is 4. The number of nitrogens with one attached hydrogen (secondary N) is 1. The minimum Gasteiger partial charge on any atom is -0.374 e. The Morgan fingerprint density at radius 1 is 1.55 bits per heavy atom. The Hall–Kier alpha value is -1.63. The van der Waals surface area contributed by atoms with Gasteiger partial charge >= 0.3 is 0 Å². The summed E-state index contributed by atoms with van der Waals surface area (Å²) in [6.45, 7) is 9.22. The molecule has 0 atom stereocenters. The van der Waals surface area contributed by atoms with Crippen molar-refractivity contribution in [3.05, 3.63) is 33.7 Å². The van der Waals surface area contributed by atoms with Crippen molar-refractivity contribution in [2.75, 3.05) is 25.0 Å². The van der Waals surface area contributed by atoms with E-state index in [2.05, 4.69) is 32.9 Å². The lowest BCUT2D eigenvalue weighted by atomic mass is 10.4. The Morgan fingerprint density at radius 3 is 2.75 bits per heavy atom. The molecule has 7 heteroatoms. The lowest BCUT2D eigenvalue weighted by Crippen LogP contribution is -2.35.